The van der Waals surface area contributed by atoms with Crippen LogP contribution < -0.4 is 4.72 Å². The molecular formula is C19H24N4O3S2. The second-order valence-corrected chi connectivity index (χ2v) is 10.5. The second-order valence-electron chi connectivity index (χ2n) is 7.44. The van der Waals surface area contributed by atoms with Gasteiger partial charge in [0.1, 0.15) is 9.97 Å². The van der Waals surface area contributed by atoms with E-state index in [4.69, 9.17) is 4.52 Å². The monoisotopic (exact) mass is 420 g/mol. The maximum atomic E-state index is 12.9. The highest BCUT2D eigenvalue weighted by Gasteiger charge is 2.28. The molecule has 0 atom stereocenters. The van der Waals surface area contributed by atoms with Crippen molar-refractivity contribution in [1.82, 2.24) is 19.7 Å². The molecule has 0 bridgehead atoms. The summed E-state index contributed by atoms with van der Waals surface area (Å²) in [5, 5.41) is 8.35. The van der Waals surface area contributed by atoms with E-state index >= 15 is 0 Å². The summed E-state index contributed by atoms with van der Waals surface area (Å²) in [6.45, 7) is 5.72. The standard InChI is InChI=1S/C19H24N4O3S2/c1-12-10-20-23(11-12)16-6-4-15(5-7-16)22-28(24,25)18-9-8-17(27-18)19-13(2)21-26-14(19)3/h8-11,15-16,22H,4-7H2,1-3H3. The Morgan fingerprint density at radius 3 is 2.54 bits per heavy atom. The fraction of sp³-hybridized carbons (Fsp3) is 0.474. The molecule has 7 nitrogen and oxygen atoms in total. The van der Waals surface area contributed by atoms with E-state index < -0.39 is 10.0 Å². The lowest BCUT2D eigenvalue weighted by Gasteiger charge is -2.28. The van der Waals surface area contributed by atoms with Crippen LogP contribution >= 0.6 is 11.3 Å². The van der Waals surface area contributed by atoms with Gasteiger partial charge in [-0.1, -0.05) is 5.16 Å². The summed E-state index contributed by atoms with van der Waals surface area (Å²) in [5.74, 6) is 0.698. The Bertz CT molecular complexity index is 1050. The molecule has 9 heteroatoms. The van der Waals surface area contributed by atoms with Crippen LogP contribution in [0.3, 0.4) is 0 Å². The number of aryl methyl sites for hydroxylation is 3. The number of aromatic nitrogens is 3. The quantitative estimate of drug-likeness (QED) is 0.674. The van der Waals surface area contributed by atoms with Crippen LogP contribution in [0, 0.1) is 20.8 Å². The maximum Gasteiger partial charge on any atom is 0.250 e. The van der Waals surface area contributed by atoms with Crippen LogP contribution in [-0.4, -0.2) is 29.4 Å². The SMILES string of the molecule is Cc1cnn(C2CCC(NS(=O)(=O)c3ccc(-c4c(C)noc4C)s3)CC2)c1. The number of nitrogens with one attached hydrogen (secondary N) is 1. The summed E-state index contributed by atoms with van der Waals surface area (Å²) in [6, 6.07) is 3.79. The van der Waals surface area contributed by atoms with Gasteiger partial charge < -0.3 is 4.52 Å². The molecule has 4 rings (SSSR count). The number of hydrogen-bond acceptors (Lipinski definition) is 6. The van der Waals surface area contributed by atoms with Gasteiger partial charge in [0.2, 0.25) is 10.0 Å². The topological polar surface area (TPSA) is 90.0 Å². The number of rotatable bonds is 5. The van der Waals surface area contributed by atoms with E-state index in [1.54, 1.807) is 6.07 Å². The molecular weight excluding hydrogens is 396 g/mol. The summed E-state index contributed by atoms with van der Waals surface area (Å²) in [7, 11) is -3.54. The van der Waals surface area contributed by atoms with Crippen LogP contribution in [0.5, 0.6) is 0 Å². The van der Waals surface area contributed by atoms with Crippen molar-refractivity contribution in [3.8, 4) is 10.4 Å². The fourth-order valence-electron chi connectivity index (χ4n) is 3.80. The Morgan fingerprint density at radius 2 is 1.93 bits per heavy atom. The van der Waals surface area contributed by atoms with Gasteiger partial charge in [-0.3, -0.25) is 4.68 Å². The second kappa shape index (κ2) is 7.46. The van der Waals surface area contributed by atoms with Crippen molar-refractivity contribution >= 4 is 21.4 Å². The predicted octanol–water partition coefficient (Wildman–Crippen LogP) is 3.99. The van der Waals surface area contributed by atoms with Gasteiger partial charge in [0, 0.05) is 17.1 Å². The minimum absolute atomic E-state index is 0.0393. The highest BCUT2D eigenvalue weighted by Crippen LogP contribution is 2.35. The molecule has 0 unspecified atom stereocenters. The van der Waals surface area contributed by atoms with Gasteiger partial charge in [-0.05, 0) is 64.2 Å². The van der Waals surface area contributed by atoms with Crippen molar-refractivity contribution in [2.24, 2.45) is 0 Å². The summed E-state index contributed by atoms with van der Waals surface area (Å²) >= 11 is 1.25. The number of hydrogen-bond donors (Lipinski definition) is 1. The molecule has 0 amide bonds. The van der Waals surface area contributed by atoms with E-state index in [9.17, 15) is 8.42 Å². The molecule has 1 aliphatic carbocycles. The van der Waals surface area contributed by atoms with Crippen LogP contribution in [0.25, 0.3) is 10.4 Å². The minimum atomic E-state index is -3.54. The Morgan fingerprint density at radius 1 is 1.18 bits per heavy atom. The third-order valence-electron chi connectivity index (χ3n) is 5.25. The van der Waals surface area contributed by atoms with E-state index in [-0.39, 0.29) is 6.04 Å². The van der Waals surface area contributed by atoms with Crippen molar-refractivity contribution in [1.29, 1.82) is 0 Å². The van der Waals surface area contributed by atoms with Crippen molar-refractivity contribution in [2.75, 3.05) is 0 Å². The average molecular weight is 421 g/mol. The average Bonchev–Trinajstić information content (AvgIpc) is 3.36. The molecule has 1 aliphatic rings. The minimum Gasteiger partial charge on any atom is -0.361 e. The summed E-state index contributed by atoms with van der Waals surface area (Å²) in [6.07, 6.45) is 7.38. The van der Waals surface area contributed by atoms with Crippen LogP contribution in [0.2, 0.25) is 0 Å². The van der Waals surface area contributed by atoms with Crippen LogP contribution in [0.4, 0.5) is 0 Å². The lowest BCUT2D eigenvalue weighted by molar-refractivity contribution is 0.293. The Balaban J connectivity index is 1.43. The van der Waals surface area contributed by atoms with Crippen LogP contribution in [0.15, 0.2) is 33.3 Å². The number of sulfonamides is 1. The van der Waals surface area contributed by atoms with E-state index in [0.29, 0.717) is 16.0 Å². The Hall–Kier alpha value is -1.97. The van der Waals surface area contributed by atoms with E-state index in [2.05, 4.69) is 21.2 Å². The molecule has 28 heavy (non-hydrogen) atoms. The van der Waals surface area contributed by atoms with Gasteiger partial charge in [-0.2, -0.15) is 5.10 Å². The smallest absolute Gasteiger partial charge is 0.250 e. The van der Waals surface area contributed by atoms with Gasteiger partial charge in [0.15, 0.2) is 0 Å². The third kappa shape index (κ3) is 3.78. The van der Waals surface area contributed by atoms with E-state index in [1.807, 2.05) is 37.7 Å². The highest BCUT2D eigenvalue weighted by atomic mass is 32.2. The summed E-state index contributed by atoms with van der Waals surface area (Å²) in [5.41, 5.74) is 2.79. The summed E-state index contributed by atoms with van der Waals surface area (Å²) < 4.78 is 36.1. The first-order chi connectivity index (χ1) is 13.3. The van der Waals surface area contributed by atoms with E-state index in [0.717, 1.165) is 47.4 Å². The first-order valence-electron chi connectivity index (χ1n) is 9.39. The number of nitrogens with zero attached hydrogens (tertiary/aromatic N) is 3. The van der Waals surface area contributed by atoms with Gasteiger partial charge in [0.05, 0.1) is 23.5 Å². The highest BCUT2D eigenvalue weighted by molar-refractivity contribution is 7.91. The Kier molecular flexibility index (Phi) is 5.15. The number of thiophene rings is 1. The van der Waals surface area contributed by atoms with E-state index in [1.165, 1.54) is 11.3 Å². The van der Waals surface area contributed by atoms with Crippen molar-refractivity contribution in [3.63, 3.8) is 0 Å². The van der Waals surface area contributed by atoms with Crippen molar-refractivity contribution in [3.05, 3.63) is 41.5 Å². The van der Waals surface area contributed by atoms with Crippen molar-refractivity contribution in [2.45, 2.75) is 62.7 Å². The summed E-state index contributed by atoms with van der Waals surface area (Å²) in [4.78, 5) is 0.856. The van der Waals surface area contributed by atoms with Crippen molar-refractivity contribution < 1.29 is 12.9 Å². The largest absolute Gasteiger partial charge is 0.361 e. The zero-order valence-electron chi connectivity index (χ0n) is 16.2. The zero-order chi connectivity index (χ0) is 19.9. The molecule has 1 saturated carbocycles. The van der Waals surface area contributed by atoms with Gasteiger partial charge >= 0.3 is 0 Å². The normalized spacial score (nSPS) is 20.5. The molecule has 1 N–H and O–H groups in total. The van der Waals surface area contributed by atoms with Gasteiger partial charge in [-0.15, -0.1) is 11.3 Å². The molecule has 0 aromatic carbocycles. The first-order valence-corrected chi connectivity index (χ1v) is 11.7. The molecule has 0 aliphatic heterocycles. The molecule has 0 spiro atoms. The first kappa shape index (κ1) is 19.4. The molecule has 1 fully saturated rings. The fourth-order valence-corrected chi connectivity index (χ4v) is 6.57. The van der Waals surface area contributed by atoms with Crippen LogP contribution in [-0.2, 0) is 10.0 Å². The molecule has 3 heterocycles. The molecule has 0 saturated heterocycles. The van der Waals surface area contributed by atoms with Crippen LogP contribution in [0.1, 0.15) is 48.7 Å². The molecule has 3 aromatic rings. The lowest BCUT2D eigenvalue weighted by Crippen LogP contribution is -2.37. The predicted molar refractivity (Wildman–Crippen MR) is 108 cm³/mol. The third-order valence-corrected chi connectivity index (χ3v) is 8.36. The lowest BCUT2D eigenvalue weighted by atomic mass is 9.92. The molecule has 0 radical (unpaired) electrons. The van der Waals surface area contributed by atoms with Gasteiger partial charge in [-0.25, -0.2) is 13.1 Å². The zero-order valence-corrected chi connectivity index (χ0v) is 17.8. The molecule has 150 valence electrons. The van der Waals surface area contributed by atoms with Gasteiger partial charge in [0.25, 0.3) is 0 Å². The Labute approximate surface area is 168 Å². The maximum absolute atomic E-state index is 12.9. The molecule has 3 aromatic heterocycles.